The van der Waals surface area contributed by atoms with E-state index >= 15 is 0 Å². The molecule has 16 heavy (non-hydrogen) atoms. The topological polar surface area (TPSA) is 29.1 Å². The number of hydrogen-bond donors (Lipinski definition) is 1. The van der Waals surface area contributed by atoms with Gasteiger partial charge < -0.3 is 5.32 Å². The van der Waals surface area contributed by atoms with Gasteiger partial charge in [0.15, 0.2) is 0 Å². The van der Waals surface area contributed by atoms with Crippen molar-refractivity contribution in [1.82, 2.24) is 5.32 Å². The Bertz CT molecular complexity index is 427. The highest BCUT2D eigenvalue weighted by molar-refractivity contribution is 5.73. The van der Waals surface area contributed by atoms with Crippen molar-refractivity contribution < 1.29 is 13.6 Å². The molecule has 86 valence electrons. The summed E-state index contributed by atoms with van der Waals surface area (Å²) in [6.07, 6.45) is 3.12. The van der Waals surface area contributed by atoms with Crippen molar-refractivity contribution in [2.24, 2.45) is 0 Å². The van der Waals surface area contributed by atoms with Gasteiger partial charge in [-0.2, -0.15) is 0 Å². The van der Waals surface area contributed by atoms with Crippen molar-refractivity contribution in [2.75, 3.05) is 6.54 Å². The summed E-state index contributed by atoms with van der Waals surface area (Å²) in [6.45, 7) is 3.29. The van der Waals surface area contributed by atoms with E-state index in [9.17, 15) is 13.6 Å². The zero-order chi connectivity index (χ0) is 12.1. The standard InChI is InChI=1S/C12H13F2NO/c1-8-6-10(12(14)7-11(8)13)4-3-5-15-9(2)16/h3-4,6-7H,5H2,1-2H3,(H,15,16). The van der Waals surface area contributed by atoms with Gasteiger partial charge in [0.05, 0.1) is 0 Å². The van der Waals surface area contributed by atoms with Gasteiger partial charge in [-0.25, -0.2) is 8.78 Å². The van der Waals surface area contributed by atoms with Crippen LogP contribution in [-0.2, 0) is 4.79 Å². The summed E-state index contributed by atoms with van der Waals surface area (Å²) in [5, 5.41) is 2.54. The van der Waals surface area contributed by atoms with E-state index < -0.39 is 11.6 Å². The van der Waals surface area contributed by atoms with Crippen LogP contribution in [0.15, 0.2) is 18.2 Å². The van der Waals surface area contributed by atoms with Crippen LogP contribution in [0.1, 0.15) is 18.1 Å². The van der Waals surface area contributed by atoms with Crippen molar-refractivity contribution in [2.45, 2.75) is 13.8 Å². The molecule has 0 saturated carbocycles. The van der Waals surface area contributed by atoms with Crippen LogP contribution in [0.4, 0.5) is 8.78 Å². The molecule has 2 nitrogen and oxygen atoms in total. The molecule has 0 radical (unpaired) electrons. The molecule has 0 aliphatic rings. The Morgan fingerprint density at radius 3 is 2.69 bits per heavy atom. The Kier molecular flexibility index (Phi) is 4.17. The zero-order valence-electron chi connectivity index (χ0n) is 9.18. The van der Waals surface area contributed by atoms with E-state index in [2.05, 4.69) is 5.32 Å². The molecule has 1 N–H and O–H groups in total. The molecule has 0 fully saturated rings. The normalized spacial score (nSPS) is 10.8. The number of hydrogen-bond acceptors (Lipinski definition) is 1. The van der Waals surface area contributed by atoms with E-state index in [4.69, 9.17) is 0 Å². The van der Waals surface area contributed by atoms with Gasteiger partial charge in [0.2, 0.25) is 5.91 Å². The quantitative estimate of drug-likeness (QED) is 0.841. The smallest absolute Gasteiger partial charge is 0.217 e. The van der Waals surface area contributed by atoms with E-state index in [0.717, 1.165) is 6.07 Å². The minimum absolute atomic E-state index is 0.152. The highest BCUT2D eigenvalue weighted by Crippen LogP contribution is 2.15. The molecule has 1 aromatic carbocycles. The van der Waals surface area contributed by atoms with Crippen LogP contribution in [0.2, 0.25) is 0 Å². The van der Waals surface area contributed by atoms with Crippen LogP contribution in [0.25, 0.3) is 6.08 Å². The van der Waals surface area contributed by atoms with Gasteiger partial charge in [-0.1, -0.05) is 12.2 Å². The third kappa shape index (κ3) is 3.46. The highest BCUT2D eigenvalue weighted by Gasteiger charge is 2.04. The highest BCUT2D eigenvalue weighted by atomic mass is 19.1. The molecule has 0 spiro atoms. The first-order valence-corrected chi connectivity index (χ1v) is 4.87. The van der Waals surface area contributed by atoms with Gasteiger partial charge in [0.1, 0.15) is 11.6 Å². The van der Waals surface area contributed by atoms with Crippen LogP contribution in [0.3, 0.4) is 0 Å². The fourth-order valence-electron chi connectivity index (χ4n) is 1.20. The van der Waals surface area contributed by atoms with Gasteiger partial charge in [-0.05, 0) is 18.6 Å². The van der Waals surface area contributed by atoms with Gasteiger partial charge >= 0.3 is 0 Å². The second-order valence-corrected chi connectivity index (χ2v) is 3.46. The predicted molar refractivity (Wildman–Crippen MR) is 58.8 cm³/mol. The lowest BCUT2D eigenvalue weighted by Crippen LogP contribution is -2.19. The van der Waals surface area contributed by atoms with Crippen molar-refractivity contribution >= 4 is 12.0 Å². The molecule has 0 aliphatic carbocycles. The van der Waals surface area contributed by atoms with E-state index in [1.165, 1.54) is 19.1 Å². The van der Waals surface area contributed by atoms with E-state index in [-0.39, 0.29) is 5.91 Å². The van der Waals surface area contributed by atoms with Crippen molar-refractivity contribution in [1.29, 1.82) is 0 Å². The van der Waals surface area contributed by atoms with E-state index in [0.29, 0.717) is 17.7 Å². The Balaban J connectivity index is 2.73. The molecule has 0 heterocycles. The Morgan fingerprint density at radius 1 is 1.38 bits per heavy atom. The number of benzene rings is 1. The SMILES string of the molecule is CC(=O)NCC=Cc1cc(C)c(F)cc1F. The number of carbonyl (C=O) groups excluding carboxylic acids is 1. The van der Waals surface area contributed by atoms with Crippen molar-refractivity contribution in [3.63, 3.8) is 0 Å². The summed E-state index contributed by atoms with van der Waals surface area (Å²) in [5.41, 5.74) is 0.699. The molecular weight excluding hydrogens is 212 g/mol. The van der Waals surface area contributed by atoms with Crippen LogP contribution in [0, 0.1) is 18.6 Å². The first-order valence-electron chi connectivity index (χ1n) is 4.87. The van der Waals surface area contributed by atoms with Crippen molar-refractivity contribution in [3.8, 4) is 0 Å². The third-order valence-electron chi connectivity index (χ3n) is 2.04. The zero-order valence-corrected chi connectivity index (χ0v) is 9.18. The lowest BCUT2D eigenvalue weighted by atomic mass is 10.1. The van der Waals surface area contributed by atoms with E-state index in [1.54, 1.807) is 13.0 Å². The third-order valence-corrected chi connectivity index (χ3v) is 2.04. The average molecular weight is 225 g/mol. The predicted octanol–water partition coefficient (Wildman–Crippen LogP) is 2.42. The summed E-state index contributed by atoms with van der Waals surface area (Å²) >= 11 is 0. The molecule has 0 unspecified atom stereocenters. The van der Waals surface area contributed by atoms with Gasteiger partial charge in [0.25, 0.3) is 0 Å². The lowest BCUT2D eigenvalue weighted by Gasteiger charge is -2.01. The van der Waals surface area contributed by atoms with E-state index in [1.807, 2.05) is 0 Å². The van der Waals surface area contributed by atoms with Crippen LogP contribution in [-0.4, -0.2) is 12.5 Å². The van der Waals surface area contributed by atoms with Gasteiger partial charge in [0, 0.05) is 25.1 Å². The maximum atomic E-state index is 13.2. The summed E-state index contributed by atoms with van der Waals surface area (Å²) in [5.74, 6) is -1.32. The van der Waals surface area contributed by atoms with Crippen LogP contribution >= 0.6 is 0 Å². The molecule has 1 rings (SSSR count). The van der Waals surface area contributed by atoms with Crippen LogP contribution in [0.5, 0.6) is 0 Å². The largest absolute Gasteiger partial charge is 0.353 e. The minimum Gasteiger partial charge on any atom is -0.353 e. The monoisotopic (exact) mass is 225 g/mol. The molecular formula is C12H13F2NO. The first-order chi connectivity index (χ1) is 7.50. The van der Waals surface area contributed by atoms with Crippen molar-refractivity contribution in [3.05, 3.63) is 41.0 Å². The Hall–Kier alpha value is -1.71. The fraction of sp³-hybridized carbons (Fsp3) is 0.250. The van der Waals surface area contributed by atoms with Gasteiger partial charge in [-0.3, -0.25) is 4.79 Å². The second-order valence-electron chi connectivity index (χ2n) is 3.46. The Labute approximate surface area is 93.0 Å². The number of aryl methyl sites for hydroxylation is 1. The maximum absolute atomic E-state index is 13.2. The first kappa shape index (κ1) is 12.4. The number of halogens is 2. The van der Waals surface area contributed by atoms with Crippen LogP contribution < -0.4 is 5.32 Å². The second kappa shape index (κ2) is 5.39. The molecule has 1 amide bonds. The average Bonchev–Trinajstić information content (AvgIpc) is 2.19. The minimum atomic E-state index is -0.609. The summed E-state index contributed by atoms with van der Waals surface area (Å²) in [6, 6.07) is 2.28. The number of rotatable bonds is 3. The molecule has 1 aromatic rings. The molecule has 0 aliphatic heterocycles. The lowest BCUT2D eigenvalue weighted by molar-refractivity contribution is -0.118. The maximum Gasteiger partial charge on any atom is 0.217 e. The number of nitrogens with one attached hydrogen (secondary N) is 1. The molecule has 0 bridgehead atoms. The molecule has 0 aromatic heterocycles. The molecule has 4 heteroatoms. The molecule has 0 atom stereocenters. The molecule has 0 saturated heterocycles. The fourth-order valence-corrected chi connectivity index (χ4v) is 1.20. The summed E-state index contributed by atoms with van der Waals surface area (Å²) in [4.78, 5) is 10.6. The number of carbonyl (C=O) groups is 1. The Morgan fingerprint density at radius 2 is 2.06 bits per heavy atom. The van der Waals surface area contributed by atoms with Gasteiger partial charge in [-0.15, -0.1) is 0 Å². The summed E-state index contributed by atoms with van der Waals surface area (Å²) in [7, 11) is 0. The summed E-state index contributed by atoms with van der Waals surface area (Å²) < 4.78 is 26.2. The number of amides is 1.